The van der Waals surface area contributed by atoms with E-state index in [0.717, 1.165) is 11.1 Å². The Kier molecular flexibility index (Phi) is 6.64. The highest BCUT2D eigenvalue weighted by Gasteiger charge is 2.41. The summed E-state index contributed by atoms with van der Waals surface area (Å²) in [5.41, 5.74) is 1.64. The number of carbonyl (C=O) groups excluding carboxylic acids is 1. The molecule has 0 saturated carbocycles. The lowest BCUT2D eigenvalue weighted by atomic mass is 9.80. The average molecular weight is 432 g/mol. The number of nitrogens with one attached hydrogen (secondary N) is 1. The van der Waals surface area contributed by atoms with Crippen molar-refractivity contribution >= 4 is 23.3 Å². The van der Waals surface area contributed by atoms with Gasteiger partial charge in [-0.1, -0.05) is 41.9 Å². The summed E-state index contributed by atoms with van der Waals surface area (Å²) in [5.74, 6) is 0.676. The molecule has 0 heterocycles. The van der Waals surface area contributed by atoms with Gasteiger partial charge in [-0.25, -0.2) is 4.79 Å². The Bertz CT molecular complexity index is 1100. The van der Waals surface area contributed by atoms with Gasteiger partial charge >= 0.3 is 6.03 Å². The molecule has 0 aliphatic rings. The molecule has 1 atom stereocenters. The van der Waals surface area contributed by atoms with Crippen molar-refractivity contribution in [1.82, 2.24) is 5.32 Å². The van der Waals surface area contributed by atoms with Crippen LogP contribution in [0.15, 0.2) is 85.5 Å². The summed E-state index contributed by atoms with van der Waals surface area (Å²) in [4.78, 5) is 14.9. The standard InChI is InChI=1S/C25H22ClN3O2/c1-4-25(20-9-11-21(26)12-10-20,19-7-5-18(17-27)6-8-19)29(24(30)28-2)22-13-15-23(31-3)16-14-22/h4-16H,1H2,2-3H3,(H,28,30). The van der Waals surface area contributed by atoms with Crippen molar-refractivity contribution in [2.24, 2.45) is 0 Å². The first-order valence-corrected chi connectivity index (χ1v) is 9.94. The van der Waals surface area contributed by atoms with E-state index in [9.17, 15) is 10.1 Å². The molecular weight excluding hydrogens is 410 g/mol. The van der Waals surface area contributed by atoms with Crippen LogP contribution in [0.1, 0.15) is 16.7 Å². The van der Waals surface area contributed by atoms with E-state index in [1.165, 1.54) is 0 Å². The number of amides is 2. The largest absolute Gasteiger partial charge is 0.497 e. The van der Waals surface area contributed by atoms with Gasteiger partial charge in [-0.3, -0.25) is 4.90 Å². The highest BCUT2D eigenvalue weighted by Crippen LogP contribution is 2.41. The zero-order valence-electron chi connectivity index (χ0n) is 17.3. The van der Waals surface area contributed by atoms with E-state index >= 15 is 0 Å². The van der Waals surface area contributed by atoms with Crippen LogP contribution >= 0.6 is 11.6 Å². The lowest BCUT2D eigenvalue weighted by molar-refractivity contribution is 0.244. The molecule has 0 aromatic heterocycles. The first kappa shape index (κ1) is 21.9. The molecular formula is C25H22ClN3O2. The van der Waals surface area contributed by atoms with E-state index < -0.39 is 5.54 Å². The number of carbonyl (C=O) groups is 1. The SMILES string of the molecule is C=CC(c1ccc(Cl)cc1)(c1ccc(C#N)cc1)N(C(=O)NC)c1ccc(OC)cc1. The second kappa shape index (κ2) is 9.38. The highest BCUT2D eigenvalue weighted by atomic mass is 35.5. The average Bonchev–Trinajstić information content (AvgIpc) is 2.83. The van der Waals surface area contributed by atoms with Gasteiger partial charge in [-0.05, 0) is 59.7 Å². The number of anilines is 1. The summed E-state index contributed by atoms with van der Waals surface area (Å²) < 4.78 is 5.27. The number of ether oxygens (including phenoxy) is 1. The van der Waals surface area contributed by atoms with Gasteiger partial charge in [-0.15, -0.1) is 6.58 Å². The Labute approximate surface area is 187 Å². The van der Waals surface area contributed by atoms with Crippen LogP contribution < -0.4 is 15.0 Å². The maximum absolute atomic E-state index is 13.3. The van der Waals surface area contributed by atoms with Crippen LogP contribution in [0, 0.1) is 11.3 Å². The fraction of sp³-hybridized carbons (Fsp3) is 0.120. The van der Waals surface area contributed by atoms with Crippen LogP contribution in [0.25, 0.3) is 0 Å². The van der Waals surface area contributed by atoms with Gasteiger partial charge in [-0.2, -0.15) is 5.26 Å². The maximum atomic E-state index is 13.3. The van der Waals surface area contributed by atoms with Crippen LogP contribution in [0.4, 0.5) is 10.5 Å². The third-order valence-corrected chi connectivity index (χ3v) is 5.39. The molecule has 0 bridgehead atoms. The molecule has 3 aromatic rings. The summed E-state index contributed by atoms with van der Waals surface area (Å²) in [6.45, 7) is 4.10. The monoisotopic (exact) mass is 431 g/mol. The van der Waals surface area contributed by atoms with Crippen LogP contribution in [0.5, 0.6) is 5.75 Å². The Hall–Kier alpha value is -3.75. The molecule has 6 heteroatoms. The van der Waals surface area contributed by atoms with Gasteiger partial charge in [0.2, 0.25) is 0 Å². The van der Waals surface area contributed by atoms with E-state index in [2.05, 4.69) is 18.0 Å². The number of urea groups is 1. The van der Waals surface area contributed by atoms with Gasteiger partial charge < -0.3 is 10.1 Å². The second-order valence-corrected chi connectivity index (χ2v) is 7.19. The van der Waals surface area contributed by atoms with Crippen molar-refractivity contribution in [3.63, 3.8) is 0 Å². The van der Waals surface area contributed by atoms with E-state index in [-0.39, 0.29) is 6.03 Å². The quantitative estimate of drug-likeness (QED) is 0.524. The van der Waals surface area contributed by atoms with Crippen molar-refractivity contribution in [2.45, 2.75) is 5.54 Å². The molecule has 5 nitrogen and oxygen atoms in total. The van der Waals surface area contributed by atoms with Gasteiger partial charge in [0, 0.05) is 17.8 Å². The Morgan fingerprint density at radius 1 is 1.06 bits per heavy atom. The predicted molar refractivity (Wildman–Crippen MR) is 124 cm³/mol. The van der Waals surface area contributed by atoms with Gasteiger partial charge in [0.15, 0.2) is 0 Å². The van der Waals surface area contributed by atoms with Gasteiger partial charge in [0.25, 0.3) is 0 Å². The first-order chi connectivity index (χ1) is 15.0. The Balaban J connectivity index is 2.33. The molecule has 2 amide bonds. The summed E-state index contributed by atoms with van der Waals surface area (Å²) in [5, 5.41) is 12.5. The van der Waals surface area contributed by atoms with Crippen molar-refractivity contribution in [3.05, 3.63) is 107 Å². The normalized spacial score (nSPS) is 12.2. The molecule has 31 heavy (non-hydrogen) atoms. The topological polar surface area (TPSA) is 65.4 Å². The molecule has 156 valence electrons. The lowest BCUT2D eigenvalue weighted by Gasteiger charge is -2.42. The van der Waals surface area contributed by atoms with Gasteiger partial charge in [0.1, 0.15) is 11.3 Å². The van der Waals surface area contributed by atoms with E-state index in [1.807, 2.05) is 36.4 Å². The smallest absolute Gasteiger partial charge is 0.322 e. The van der Waals surface area contributed by atoms with E-state index in [0.29, 0.717) is 22.0 Å². The number of halogens is 1. The predicted octanol–water partition coefficient (Wildman–Crippen LogP) is 5.50. The zero-order valence-corrected chi connectivity index (χ0v) is 18.1. The van der Waals surface area contributed by atoms with E-state index in [1.54, 1.807) is 61.5 Å². The molecule has 0 radical (unpaired) electrons. The number of nitriles is 1. The fourth-order valence-electron chi connectivity index (χ4n) is 3.58. The molecule has 0 aliphatic carbocycles. The number of methoxy groups -OCH3 is 1. The Morgan fingerprint density at radius 3 is 2.06 bits per heavy atom. The molecule has 0 saturated heterocycles. The lowest BCUT2D eigenvalue weighted by Crippen LogP contribution is -2.52. The summed E-state index contributed by atoms with van der Waals surface area (Å²) in [7, 11) is 3.16. The molecule has 1 N–H and O–H groups in total. The van der Waals surface area contributed by atoms with Crippen LogP contribution in [-0.4, -0.2) is 20.2 Å². The molecule has 0 fully saturated rings. The molecule has 0 spiro atoms. The molecule has 0 aliphatic heterocycles. The maximum Gasteiger partial charge on any atom is 0.322 e. The first-order valence-electron chi connectivity index (χ1n) is 9.56. The number of hydrogen-bond donors (Lipinski definition) is 1. The van der Waals surface area contributed by atoms with Crippen LogP contribution in [0.3, 0.4) is 0 Å². The zero-order chi connectivity index (χ0) is 22.4. The van der Waals surface area contributed by atoms with Crippen molar-refractivity contribution in [1.29, 1.82) is 5.26 Å². The number of nitrogens with zero attached hydrogens (tertiary/aromatic N) is 2. The Morgan fingerprint density at radius 2 is 1.61 bits per heavy atom. The fourth-order valence-corrected chi connectivity index (χ4v) is 3.70. The highest BCUT2D eigenvalue weighted by molar-refractivity contribution is 6.30. The van der Waals surface area contributed by atoms with Crippen LogP contribution in [0.2, 0.25) is 5.02 Å². The van der Waals surface area contributed by atoms with Gasteiger partial charge in [0.05, 0.1) is 18.7 Å². The van der Waals surface area contributed by atoms with Crippen LogP contribution in [-0.2, 0) is 5.54 Å². The minimum Gasteiger partial charge on any atom is -0.497 e. The number of benzene rings is 3. The summed E-state index contributed by atoms with van der Waals surface area (Å²) in [6.07, 6.45) is 1.72. The minimum atomic E-state index is -1.08. The molecule has 3 aromatic carbocycles. The molecule has 3 rings (SSSR count). The number of hydrogen-bond acceptors (Lipinski definition) is 3. The van der Waals surface area contributed by atoms with E-state index in [4.69, 9.17) is 16.3 Å². The third-order valence-electron chi connectivity index (χ3n) is 5.13. The third kappa shape index (κ3) is 4.11. The minimum absolute atomic E-state index is 0.329. The summed E-state index contributed by atoms with van der Waals surface area (Å²) >= 11 is 6.14. The van der Waals surface area contributed by atoms with Crippen molar-refractivity contribution in [3.8, 4) is 11.8 Å². The van der Waals surface area contributed by atoms with Crippen molar-refractivity contribution in [2.75, 3.05) is 19.1 Å². The molecule has 1 unspecified atom stereocenters. The van der Waals surface area contributed by atoms with Crippen molar-refractivity contribution < 1.29 is 9.53 Å². The summed E-state index contributed by atoms with van der Waals surface area (Å²) in [6, 6.07) is 23.4. The number of rotatable bonds is 6. The second-order valence-electron chi connectivity index (χ2n) is 6.76.